The average molecular weight is 263 g/mol. The minimum atomic E-state index is -2.83. The summed E-state index contributed by atoms with van der Waals surface area (Å²) in [6, 6.07) is 0. The van der Waals surface area contributed by atoms with Crippen LogP contribution in [0.5, 0.6) is 0 Å². The SMILES string of the molecule is CCS(=O)(=O)CCN1CCCN(CCN)CC1. The van der Waals surface area contributed by atoms with E-state index in [2.05, 4.69) is 9.80 Å². The van der Waals surface area contributed by atoms with Crippen molar-refractivity contribution in [2.24, 2.45) is 5.73 Å². The van der Waals surface area contributed by atoms with Crippen molar-refractivity contribution >= 4 is 9.84 Å². The van der Waals surface area contributed by atoms with E-state index in [0.29, 0.717) is 18.8 Å². The van der Waals surface area contributed by atoms with E-state index in [1.54, 1.807) is 6.92 Å². The quantitative estimate of drug-likeness (QED) is 0.692. The second-order valence-electron chi connectivity index (χ2n) is 4.56. The van der Waals surface area contributed by atoms with Crippen LogP contribution in [0.3, 0.4) is 0 Å². The first-order valence-corrected chi connectivity index (χ1v) is 8.24. The molecule has 0 unspecified atom stereocenters. The third-order valence-electron chi connectivity index (χ3n) is 3.28. The highest BCUT2D eigenvalue weighted by atomic mass is 32.2. The molecule has 0 amide bonds. The molecule has 0 saturated carbocycles. The fraction of sp³-hybridized carbons (Fsp3) is 1.00. The number of nitrogens with zero attached hydrogens (tertiary/aromatic N) is 2. The lowest BCUT2D eigenvalue weighted by molar-refractivity contribution is 0.268. The van der Waals surface area contributed by atoms with Crippen molar-refractivity contribution in [3.05, 3.63) is 0 Å². The van der Waals surface area contributed by atoms with Crippen molar-refractivity contribution in [1.29, 1.82) is 0 Å². The van der Waals surface area contributed by atoms with Gasteiger partial charge in [0.1, 0.15) is 0 Å². The molecule has 1 rings (SSSR count). The van der Waals surface area contributed by atoms with Crippen LogP contribution in [-0.4, -0.2) is 75.5 Å². The molecule has 0 aromatic heterocycles. The van der Waals surface area contributed by atoms with E-state index in [4.69, 9.17) is 5.73 Å². The van der Waals surface area contributed by atoms with E-state index < -0.39 is 9.84 Å². The van der Waals surface area contributed by atoms with E-state index >= 15 is 0 Å². The Hall–Kier alpha value is -0.170. The van der Waals surface area contributed by atoms with Crippen LogP contribution in [0.1, 0.15) is 13.3 Å². The molecule has 0 spiro atoms. The normalized spacial score (nSPS) is 20.4. The van der Waals surface area contributed by atoms with Gasteiger partial charge in [-0.05, 0) is 19.5 Å². The molecule has 102 valence electrons. The van der Waals surface area contributed by atoms with E-state index in [1.165, 1.54) is 0 Å². The fourth-order valence-electron chi connectivity index (χ4n) is 2.07. The first kappa shape index (κ1) is 14.9. The summed E-state index contributed by atoms with van der Waals surface area (Å²) in [7, 11) is -2.83. The summed E-state index contributed by atoms with van der Waals surface area (Å²) in [5, 5.41) is 0. The molecule has 17 heavy (non-hydrogen) atoms. The molecule has 1 fully saturated rings. The lowest BCUT2D eigenvalue weighted by Gasteiger charge is -2.21. The zero-order valence-electron chi connectivity index (χ0n) is 10.8. The van der Waals surface area contributed by atoms with Gasteiger partial charge in [0.2, 0.25) is 0 Å². The van der Waals surface area contributed by atoms with Gasteiger partial charge < -0.3 is 15.5 Å². The smallest absolute Gasteiger partial charge is 0.151 e. The molecule has 2 N–H and O–H groups in total. The summed E-state index contributed by atoms with van der Waals surface area (Å²) in [4.78, 5) is 4.61. The van der Waals surface area contributed by atoms with Crippen LogP contribution >= 0.6 is 0 Å². The highest BCUT2D eigenvalue weighted by Gasteiger charge is 2.16. The van der Waals surface area contributed by atoms with E-state index in [-0.39, 0.29) is 5.75 Å². The van der Waals surface area contributed by atoms with Crippen LogP contribution in [0, 0.1) is 0 Å². The van der Waals surface area contributed by atoms with Crippen LogP contribution in [0.15, 0.2) is 0 Å². The van der Waals surface area contributed by atoms with Crippen LogP contribution in [-0.2, 0) is 9.84 Å². The molecule has 0 aliphatic carbocycles. The molecule has 0 bridgehead atoms. The predicted molar refractivity (Wildman–Crippen MR) is 70.9 cm³/mol. The second kappa shape index (κ2) is 7.31. The average Bonchev–Trinajstić information content (AvgIpc) is 2.53. The molecule has 0 atom stereocenters. The van der Waals surface area contributed by atoms with E-state index in [9.17, 15) is 8.42 Å². The van der Waals surface area contributed by atoms with Crippen molar-refractivity contribution in [2.75, 3.05) is 57.3 Å². The van der Waals surface area contributed by atoms with Gasteiger partial charge in [-0.2, -0.15) is 0 Å². The molecule has 1 heterocycles. The van der Waals surface area contributed by atoms with Gasteiger partial charge in [-0.3, -0.25) is 0 Å². The second-order valence-corrected chi connectivity index (χ2v) is 7.03. The Morgan fingerprint density at radius 2 is 1.65 bits per heavy atom. The summed E-state index contributed by atoms with van der Waals surface area (Å²) in [6.07, 6.45) is 1.10. The number of hydrogen-bond donors (Lipinski definition) is 1. The Labute approximate surface area is 105 Å². The molecule has 5 nitrogen and oxygen atoms in total. The van der Waals surface area contributed by atoms with Gasteiger partial charge in [0.05, 0.1) is 5.75 Å². The Balaban J connectivity index is 2.32. The maximum Gasteiger partial charge on any atom is 0.151 e. The predicted octanol–water partition coefficient (Wildman–Crippen LogP) is -0.612. The molecular weight excluding hydrogens is 238 g/mol. The molecule has 0 radical (unpaired) electrons. The summed E-state index contributed by atoms with van der Waals surface area (Å²) < 4.78 is 22.9. The van der Waals surface area contributed by atoms with Gasteiger partial charge in [-0.15, -0.1) is 0 Å². The standard InChI is InChI=1S/C11H25N3O2S/c1-2-17(15,16)11-10-14-6-3-5-13(7-4-12)8-9-14/h2-12H2,1H3. The van der Waals surface area contributed by atoms with E-state index in [1.807, 2.05) is 0 Å². The van der Waals surface area contributed by atoms with Crippen LogP contribution < -0.4 is 5.73 Å². The highest BCUT2D eigenvalue weighted by Crippen LogP contribution is 2.03. The molecular formula is C11H25N3O2S. The number of nitrogens with two attached hydrogens (primary N) is 1. The zero-order valence-corrected chi connectivity index (χ0v) is 11.6. The number of sulfone groups is 1. The van der Waals surface area contributed by atoms with Crippen LogP contribution in [0.25, 0.3) is 0 Å². The summed E-state index contributed by atoms with van der Waals surface area (Å²) in [6.45, 7) is 8.07. The van der Waals surface area contributed by atoms with Gasteiger partial charge >= 0.3 is 0 Å². The highest BCUT2D eigenvalue weighted by molar-refractivity contribution is 7.91. The van der Waals surface area contributed by atoms with Crippen molar-refractivity contribution in [2.45, 2.75) is 13.3 Å². The molecule has 1 aliphatic heterocycles. The molecule has 0 aromatic rings. The first-order valence-electron chi connectivity index (χ1n) is 6.42. The van der Waals surface area contributed by atoms with E-state index in [0.717, 1.165) is 39.1 Å². The summed E-state index contributed by atoms with van der Waals surface area (Å²) in [5.41, 5.74) is 5.54. The Morgan fingerprint density at radius 1 is 1.06 bits per heavy atom. The van der Waals surface area contributed by atoms with Crippen molar-refractivity contribution in [3.63, 3.8) is 0 Å². The topological polar surface area (TPSA) is 66.6 Å². The number of hydrogen-bond acceptors (Lipinski definition) is 5. The maximum atomic E-state index is 11.4. The summed E-state index contributed by atoms with van der Waals surface area (Å²) in [5.74, 6) is 0.542. The monoisotopic (exact) mass is 263 g/mol. The van der Waals surface area contributed by atoms with Crippen molar-refractivity contribution < 1.29 is 8.42 Å². The Morgan fingerprint density at radius 3 is 2.18 bits per heavy atom. The summed E-state index contributed by atoms with van der Waals surface area (Å²) >= 11 is 0. The Kier molecular flexibility index (Phi) is 6.40. The van der Waals surface area contributed by atoms with Gasteiger partial charge in [0.25, 0.3) is 0 Å². The largest absolute Gasteiger partial charge is 0.329 e. The minimum Gasteiger partial charge on any atom is -0.329 e. The third-order valence-corrected chi connectivity index (χ3v) is 4.97. The minimum absolute atomic E-state index is 0.250. The van der Waals surface area contributed by atoms with Gasteiger partial charge in [0, 0.05) is 38.5 Å². The molecule has 1 aliphatic rings. The van der Waals surface area contributed by atoms with Gasteiger partial charge in [-0.25, -0.2) is 8.42 Å². The zero-order chi connectivity index (χ0) is 12.7. The Bertz CT molecular complexity index is 306. The van der Waals surface area contributed by atoms with Crippen molar-refractivity contribution in [1.82, 2.24) is 9.80 Å². The van der Waals surface area contributed by atoms with Gasteiger partial charge in [-0.1, -0.05) is 6.92 Å². The third kappa shape index (κ3) is 5.81. The lowest BCUT2D eigenvalue weighted by atomic mass is 10.4. The molecule has 0 aromatic carbocycles. The first-order chi connectivity index (χ1) is 8.07. The maximum absolute atomic E-state index is 11.4. The van der Waals surface area contributed by atoms with Gasteiger partial charge in [0.15, 0.2) is 9.84 Å². The van der Waals surface area contributed by atoms with Crippen LogP contribution in [0.2, 0.25) is 0 Å². The lowest BCUT2D eigenvalue weighted by Crippen LogP contribution is -2.35. The molecule has 1 saturated heterocycles. The fourth-order valence-corrected chi connectivity index (χ4v) is 2.89. The number of rotatable bonds is 6. The van der Waals surface area contributed by atoms with Crippen LogP contribution in [0.4, 0.5) is 0 Å². The van der Waals surface area contributed by atoms with Crippen molar-refractivity contribution in [3.8, 4) is 0 Å². The molecule has 6 heteroatoms.